The Morgan fingerprint density at radius 2 is 1.88 bits per heavy atom. The summed E-state index contributed by atoms with van der Waals surface area (Å²) in [7, 11) is 0. The van der Waals surface area contributed by atoms with Gasteiger partial charge in [0.05, 0.1) is 6.04 Å². The van der Waals surface area contributed by atoms with Crippen LogP contribution in [0.2, 0.25) is 0 Å². The number of amides is 2. The standard InChI is InChI=1S/C13H14BrNO2/c1-8-7-12(16)15(13(8)17)9(2)10-3-5-11(14)6-4-10/h3-6,8-9H,7H2,1-2H3. The molecule has 1 fully saturated rings. The zero-order chi connectivity index (χ0) is 12.6. The molecule has 2 amide bonds. The number of carbonyl (C=O) groups excluding carboxylic acids is 2. The molecule has 2 unspecified atom stereocenters. The summed E-state index contributed by atoms with van der Waals surface area (Å²) in [5.74, 6) is -0.316. The predicted octanol–water partition coefficient (Wildman–Crippen LogP) is 2.91. The Morgan fingerprint density at radius 3 is 2.35 bits per heavy atom. The minimum Gasteiger partial charge on any atom is -0.275 e. The number of rotatable bonds is 2. The molecule has 0 radical (unpaired) electrons. The summed E-state index contributed by atoms with van der Waals surface area (Å²) in [6, 6.07) is 7.50. The molecule has 0 bridgehead atoms. The zero-order valence-electron chi connectivity index (χ0n) is 9.81. The number of imide groups is 1. The third-order valence-electron chi connectivity index (χ3n) is 3.15. The molecule has 1 aliphatic rings. The molecule has 2 atom stereocenters. The predicted molar refractivity (Wildman–Crippen MR) is 68.2 cm³/mol. The van der Waals surface area contributed by atoms with E-state index in [9.17, 15) is 9.59 Å². The lowest BCUT2D eigenvalue weighted by molar-refractivity contribution is -0.141. The van der Waals surface area contributed by atoms with Crippen molar-refractivity contribution in [1.29, 1.82) is 0 Å². The van der Waals surface area contributed by atoms with Crippen LogP contribution in [0.15, 0.2) is 28.7 Å². The first-order chi connectivity index (χ1) is 8.00. The van der Waals surface area contributed by atoms with Gasteiger partial charge in [-0.2, -0.15) is 0 Å². The molecule has 4 heteroatoms. The minimum absolute atomic E-state index is 0.0644. The normalized spacial score (nSPS) is 22.1. The number of hydrogen-bond donors (Lipinski definition) is 0. The number of benzene rings is 1. The Morgan fingerprint density at radius 1 is 1.29 bits per heavy atom. The summed E-state index contributed by atoms with van der Waals surface area (Å²) in [5.41, 5.74) is 0.976. The summed E-state index contributed by atoms with van der Waals surface area (Å²) in [5, 5.41) is 0. The Labute approximate surface area is 109 Å². The first-order valence-electron chi connectivity index (χ1n) is 5.62. The van der Waals surface area contributed by atoms with Gasteiger partial charge in [0.2, 0.25) is 11.8 Å². The Hall–Kier alpha value is -1.16. The Bertz CT molecular complexity index is 455. The van der Waals surface area contributed by atoms with E-state index in [4.69, 9.17) is 0 Å². The summed E-state index contributed by atoms with van der Waals surface area (Å²) < 4.78 is 0.987. The second-order valence-corrected chi connectivity index (χ2v) is 5.35. The molecule has 0 aliphatic carbocycles. The van der Waals surface area contributed by atoms with Crippen molar-refractivity contribution in [2.75, 3.05) is 0 Å². The maximum Gasteiger partial charge on any atom is 0.233 e. The average Bonchev–Trinajstić information content (AvgIpc) is 2.53. The van der Waals surface area contributed by atoms with Gasteiger partial charge in [-0.25, -0.2) is 0 Å². The van der Waals surface area contributed by atoms with Crippen molar-refractivity contribution >= 4 is 27.7 Å². The topological polar surface area (TPSA) is 37.4 Å². The van der Waals surface area contributed by atoms with E-state index in [2.05, 4.69) is 15.9 Å². The molecule has 2 rings (SSSR count). The van der Waals surface area contributed by atoms with Gasteiger partial charge in [-0.15, -0.1) is 0 Å². The molecule has 0 saturated carbocycles. The largest absolute Gasteiger partial charge is 0.275 e. The van der Waals surface area contributed by atoms with Crippen LogP contribution in [0, 0.1) is 5.92 Å². The van der Waals surface area contributed by atoms with Gasteiger partial charge in [0.25, 0.3) is 0 Å². The average molecular weight is 296 g/mol. The van der Waals surface area contributed by atoms with Crippen LogP contribution < -0.4 is 0 Å². The maximum absolute atomic E-state index is 11.9. The smallest absolute Gasteiger partial charge is 0.233 e. The lowest BCUT2D eigenvalue weighted by Crippen LogP contribution is -2.33. The second-order valence-electron chi connectivity index (χ2n) is 4.43. The third kappa shape index (κ3) is 2.27. The molecular formula is C13H14BrNO2. The van der Waals surface area contributed by atoms with Gasteiger partial charge < -0.3 is 0 Å². The van der Waals surface area contributed by atoms with Crippen LogP contribution in [0.4, 0.5) is 0 Å². The van der Waals surface area contributed by atoms with Gasteiger partial charge in [-0.1, -0.05) is 35.0 Å². The van der Waals surface area contributed by atoms with E-state index < -0.39 is 0 Å². The molecule has 1 heterocycles. The minimum atomic E-state index is -0.187. The highest BCUT2D eigenvalue weighted by Crippen LogP contribution is 2.29. The first kappa shape index (κ1) is 12.3. The van der Waals surface area contributed by atoms with E-state index in [-0.39, 0.29) is 23.8 Å². The van der Waals surface area contributed by atoms with Crippen LogP contribution in [0.25, 0.3) is 0 Å². The van der Waals surface area contributed by atoms with Crippen LogP contribution >= 0.6 is 15.9 Å². The maximum atomic E-state index is 11.9. The fourth-order valence-corrected chi connectivity index (χ4v) is 2.37. The highest BCUT2D eigenvalue weighted by Gasteiger charge is 2.38. The van der Waals surface area contributed by atoms with Gasteiger partial charge in [0.15, 0.2) is 0 Å². The number of carbonyl (C=O) groups is 2. The Balaban J connectivity index is 2.25. The summed E-state index contributed by atoms with van der Waals surface area (Å²) in [6.07, 6.45) is 0.333. The van der Waals surface area contributed by atoms with Crippen molar-refractivity contribution in [1.82, 2.24) is 4.90 Å². The number of nitrogens with zero attached hydrogens (tertiary/aromatic N) is 1. The van der Waals surface area contributed by atoms with Crippen LogP contribution in [-0.2, 0) is 9.59 Å². The van der Waals surface area contributed by atoms with Crippen molar-refractivity contribution in [3.8, 4) is 0 Å². The molecule has 17 heavy (non-hydrogen) atoms. The summed E-state index contributed by atoms with van der Waals surface area (Å²) in [6.45, 7) is 3.69. The Kier molecular flexibility index (Phi) is 3.33. The summed E-state index contributed by atoms with van der Waals surface area (Å²) in [4.78, 5) is 25.0. The van der Waals surface area contributed by atoms with Crippen molar-refractivity contribution in [2.24, 2.45) is 5.92 Å². The summed E-state index contributed by atoms with van der Waals surface area (Å²) >= 11 is 3.36. The highest BCUT2D eigenvalue weighted by atomic mass is 79.9. The molecule has 90 valence electrons. The van der Waals surface area contributed by atoms with Gasteiger partial charge in [-0.05, 0) is 24.6 Å². The molecule has 0 N–H and O–H groups in total. The van der Waals surface area contributed by atoms with E-state index >= 15 is 0 Å². The molecule has 1 aliphatic heterocycles. The number of hydrogen-bond acceptors (Lipinski definition) is 2. The van der Waals surface area contributed by atoms with E-state index in [1.165, 1.54) is 4.90 Å². The lowest BCUT2D eigenvalue weighted by atomic mass is 10.1. The monoisotopic (exact) mass is 295 g/mol. The lowest BCUT2D eigenvalue weighted by Gasteiger charge is -2.23. The van der Waals surface area contributed by atoms with Crippen molar-refractivity contribution in [3.05, 3.63) is 34.3 Å². The second kappa shape index (κ2) is 4.61. The van der Waals surface area contributed by atoms with Gasteiger partial charge in [0, 0.05) is 16.8 Å². The van der Waals surface area contributed by atoms with Crippen LogP contribution in [-0.4, -0.2) is 16.7 Å². The third-order valence-corrected chi connectivity index (χ3v) is 3.68. The van der Waals surface area contributed by atoms with E-state index in [0.29, 0.717) is 6.42 Å². The number of likely N-dealkylation sites (tertiary alicyclic amines) is 1. The van der Waals surface area contributed by atoms with E-state index in [0.717, 1.165) is 10.0 Å². The molecule has 0 spiro atoms. The van der Waals surface area contributed by atoms with Crippen molar-refractivity contribution < 1.29 is 9.59 Å². The van der Waals surface area contributed by atoms with Crippen molar-refractivity contribution in [2.45, 2.75) is 26.3 Å². The quantitative estimate of drug-likeness (QED) is 0.787. The fraction of sp³-hybridized carbons (Fsp3) is 0.385. The SMILES string of the molecule is CC1CC(=O)N(C(C)c2ccc(Br)cc2)C1=O. The molecule has 1 aromatic rings. The van der Waals surface area contributed by atoms with Crippen LogP contribution in [0.1, 0.15) is 31.9 Å². The van der Waals surface area contributed by atoms with E-state index in [1.807, 2.05) is 31.2 Å². The van der Waals surface area contributed by atoms with Crippen LogP contribution in [0.5, 0.6) is 0 Å². The molecule has 0 aromatic heterocycles. The van der Waals surface area contributed by atoms with Gasteiger partial charge in [-0.3, -0.25) is 14.5 Å². The fourth-order valence-electron chi connectivity index (χ4n) is 2.11. The van der Waals surface area contributed by atoms with Crippen LogP contribution in [0.3, 0.4) is 0 Å². The highest BCUT2D eigenvalue weighted by molar-refractivity contribution is 9.10. The van der Waals surface area contributed by atoms with E-state index in [1.54, 1.807) is 6.92 Å². The molecule has 1 aromatic carbocycles. The van der Waals surface area contributed by atoms with Gasteiger partial charge in [0.1, 0.15) is 0 Å². The number of halogens is 1. The first-order valence-corrected chi connectivity index (χ1v) is 6.41. The zero-order valence-corrected chi connectivity index (χ0v) is 11.4. The molecular weight excluding hydrogens is 282 g/mol. The van der Waals surface area contributed by atoms with Crippen molar-refractivity contribution in [3.63, 3.8) is 0 Å². The molecule has 3 nitrogen and oxygen atoms in total. The molecule has 1 saturated heterocycles. The van der Waals surface area contributed by atoms with Gasteiger partial charge >= 0.3 is 0 Å².